The number of epoxide rings is 3. The molecule has 11 saturated carbocycles. The molecule has 1 N–H and O–H groups in total. The van der Waals surface area contributed by atoms with E-state index in [-0.39, 0.29) is 0 Å². The molecule has 20 unspecified atom stereocenters. The Kier molecular flexibility index (Phi) is 11.0. The summed E-state index contributed by atoms with van der Waals surface area (Å²) in [6.45, 7) is 17.1. The minimum absolute atomic E-state index is 0.668. The van der Waals surface area contributed by atoms with Crippen LogP contribution in [0.3, 0.4) is 0 Å². The van der Waals surface area contributed by atoms with Crippen LogP contribution in [0.25, 0.3) is 0 Å². The van der Waals surface area contributed by atoms with Crippen LogP contribution in [0.5, 0.6) is 0 Å². The molecule has 0 aromatic heterocycles. The summed E-state index contributed by atoms with van der Waals surface area (Å²) in [4.78, 5) is 12.5. The van der Waals surface area contributed by atoms with Crippen molar-refractivity contribution in [3.63, 3.8) is 0 Å². The lowest BCUT2D eigenvalue weighted by Crippen LogP contribution is -2.32. The van der Waals surface area contributed by atoms with Gasteiger partial charge in [-0.25, -0.2) is 4.79 Å². The molecule has 0 radical (unpaired) electrons. The Hall–Kier alpha value is -1.99. The second-order valence-corrected chi connectivity index (χ2v) is 23.1. The number of ether oxygens (including phenoxy) is 3. The Morgan fingerprint density at radius 1 is 0.433 bits per heavy atom. The van der Waals surface area contributed by atoms with Gasteiger partial charge in [0.05, 0.1) is 36.6 Å². The third-order valence-electron chi connectivity index (χ3n) is 21.0. The van der Waals surface area contributed by atoms with Crippen molar-refractivity contribution < 1.29 is 29.1 Å². The van der Waals surface area contributed by atoms with E-state index in [0.717, 1.165) is 125 Å². The fraction of sp³-hybridized carbons (Fsp3) is 0.796. The molecular formula is C54H76O6. The Balaban J connectivity index is 0.0000000875. The van der Waals surface area contributed by atoms with Crippen LogP contribution < -0.4 is 0 Å². The van der Waals surface area contributed by atoms with Crippen molar-refractivity contribution in [1.82, 2.24) is 0 Å². The van der Waals surface area contributed by atoms with Gasteiger partial charge in [0.15, 0.2) is 0 Å². The van der Waals surface area contributed by atoms with Crippen LogP contribution in [-0.2, 0) is 23.9 Å². The maximum absolute atomic E-state index is 9.34. The fourth-order valence-corrected chi connectivity index (χ4v) is 18.5. The Labute approximate surface area is 361 Å². The highest BCUT2D eigenvalue weighted by Crippen LogP contribution is 2.65. The van der Waals surface area contributed by atoms with Gasteiger partial charge in [-0.15, -0.1) is 26.3 Å². The third kappa shape index (κ3) is 7.24. The van der Waals surface area contributed by atoms with E-state index in [9.17, 15) is 4.79 Å². The topological polar surface area (TPSA) is 84.1 Å². The predicted octanol–water partition coefficient (Wildman–Crippen LogP) is 11.3. The Morgan fingerprint density at radius 2 is 0.700 bits per heavy atom. The molecule has 26 atom stereocenters. The molecule has 3 saturated heterocycles. The number of carbonyl (C=O) groups is 1. The van der Waals surface area contributed by atoms with Gasteiger partial charge in [-0.05, 0) is 221 Å². The van der Waals surface area contributed by atoms with Crippen molar-refractivity contribution >= 4 is 5.97 Å². The standard InChI is InChI=1S/3C13H18O.C13H18.C2H4O3/c3*1-2-7-3-8-4-9(7)11-6-13-12(14-13)5-10(8)11;1-2-9-7-10-8-13(9)12-6-4-3-5-11(10)12;1-2(3)5-4/h3*2,7-13H,1,3-6H2;2-4,9-13H,1,5-8H2;4H,1H3/t7-,8+,9+,10?,11?,12?,13?;7-,8-,9-,10?,11?,12?,13?;;;/m10.../s1. The zero-order chi connectivity index (χ0) is 41.0. The van der Waals surface area contributed by atoms with Gasteiger partial charge in [0, 0.05) is 6.92 Å². The van der Waals surface area contributed by atoms with E-state index in [1.54, 1.807) is 0 Å². The molecule has 6 heteroatoms. The SMILES string of the molecule is C=CC1CC2CC1C1CC3OC3CC21.C=CC1CC2CC1C1CC=CCC21.C=C[C@@H]1C[C@H]2C[C@@H]1C1CC3OC3CC12.C=C[C@H]1C[C@H]2C[C@@H]1C1CC3OC3CC12.CC(=O)OO. The van der Waals surface area contributed by atoms with Crippen molar-refractivity contribution in [1.29, 1.82) is 0 Å². The van der Waals surface area contributed by atoms with E-state index >= 15 is 0 Å². The summed E-state index contributed by atoms with van der Waals surface area (Å²) in [5.41, 5.74) is 0. The summed E-state index contributed by atoms with van der Waals surface area (Å²) in [5.74, 6) is 18.9. The number of hydrogen-bond acceptors (Lipinski definition) is 6. The van der Waals surface area contributed by atoms with Crippen LogP contribution in [-0.4, -0.2) is 47.9 Å². The Morgan fingerprint density at radius 3 is 1.00 bits per heavy atom. The quantitative estimate of drug-likeness (QED) is 0.132. The first kappa shape index (κ1) is 40.8. The van der Waals surface area contributed by atoms with Gasteiger partial charge in [0.1, 0.15) is 0 Å². The first-order valence-electron chi connectivity index (χ1n) is 25.2. The monoisotopic (exact) mass is 821 g/mol. The van der Waals surface area contributed by atoms with E-state index in [2.05, 4.69) is 67.7 Å². The van der Waals surface area contributed by atoms with Gasteiger partial charge >= 0.3 is 5.97 Å². The van der Waals surface area contributed by atoms with Crippen LogP contribution in [0.4, 0.5) is 0 Å². The highest BCUT2D eigenvalue weighted by Gasteiger charge is 2.62. The minimum atomic E-state index is -0.690. The average molecular weight is 821 g/mol. The van der Waals surface area contributed by atoms with E-state index < -0.39 is 5.97 Å². The number of fused-ring (bicyclic) bond motifs is 23. The van der Waals surface area contributed by atoms with Gasteiger partial charge in [-0.3, -0.25) is 0 Å². The lowest BCUT2D eigenvalue weighted by molar-refractivity contribution is -0.231. The molecular weight excluding hydrogens is 745 g/mol. The highest BCUT2D eigenvalue weighted by atomic mass is 17.1. The molecule has 3 aliphatic heterocycles. The molecule has 0 aromatic rings. The second kappa shape index (κ2) is 16.2. The zero-order valence-electron chi connectivity index (χ0n) is 36.6. The zero-order valence-corrected chi connectivity index (χ0v) is 36.6. The summed E-state index contributed by atoms with van der Waals surface area (Å²) in [6.07, 6.45) is 40.5. The lowest BCUT2D eigenvalue weighted by atomic mass is 9.67. The van der Waals surface area contributed by atoms with E-state index in [0.29, 0.717) is 36.6 Å². The number of allylic oxidation sites excluding steroid dienone is 6. The van der Waals surface area contributed by atoms with Crippen LogP contribution in [0.15, 0.2) is 62.8 Å². The van der Waals surface area contributed by atoms with E-state index in [1.807, 2.05) is 0 Å². The molecule has 60 heavy (non-hydrogen) atoms. The van der Waals surface area contributed by atoms with Crippen LogP contribution in [0, 0.1) is 118 Å². The van der Waals surface area contributed by atoms with Crippen molar-refractivity contribution in [2.45, 2.75) is 146 Å². The molecule has 328 valence electrons. The van der Waals surface area contributed by atoms with Gasteiger partial charge in [0.25, 0.3) is 0 Å². The second-order valence-electron chi connectivity index (χ2n) is 23.1. The summed E-state index contributed by atoms with van der Waals surface area (Å²) >= 11 is 0. The molecule has 6 nitrogen and oxygen atoms in total. The average Bonchev–Trinajstić information content (AvgIpc) is 3.95. The molecule has 12 aliphatic carbocycles. The van der Waals surface area contributed by atoms with Gasteiger partial charge in [-0.1, -0.05) is 36.5 Å². The third-order valence-corrected chi connectivity index (χ3v) is 21.0. The molecule has 3 heterocycles. The van der Waals surface area contributed by atoms with Gasteiger partial charge in [0.2, 0.25) is 0 Å². The first-order chi connectivity index (χ1) is 29.3. The molecule has 15 aliphatic rings. The van der Waals surface area contributed by atoms with Crippen LogP contribution in [0.2, 0.25) is 0 Å². The molecule has 14 fully saturated rings. The number of carbonyl (C=O) groups excluding carboxylic acids is 1. The maximum Gasteiger partial charge on any atom is 0.339 e. The fourth-order valence-electron chi connectivity index (χ4n) is 18.5. The normalized spacial score (nSPS) is 56.2. The van der Waals surface area contributed by atoms with E-state index in [4.69, 9.17) is 19.5 Å². The predicted molar refractivity (Wildman–Crippen MR) is 234 cm³/mol. The van der Waals surface area contributed by atoms with Gasteiger partial charge in [-0.2, -0.15) is 5.26 Å². The van der Waals surface area contributed by atoms with Crippen molar-refractivity contribution in [2.75, 3.05) is 0 Å². The van der Waals surface area contributed by atoms with Crippen molar-refractivity contribution in [2.24, 2.45) is 118 Å². The smallest absolute Gasteiger partial charge is 0.339 e. The largest absolute Gasteiger partial charge is 0.370 e. The first-order valence-corrected chi connectivity index (χ1v) is 25.2. The molecule has 0 aromatic carbocycles. The maximum atomic E-state index is 9.34. The van der Waals surface area contributed by atoms with Gasteiger partial charge < -0.3 is 19.1 Å². The van der Waals surface area contributed by atoms with Crippen LogP contribution >= 0.6 is 0 Å². The molecule has 15 rings (SSSR count). The van der Waals surface area contributed by atoms with Crippen LogP contribution in [0.1, 0.15) is 110 Å². The highest BCUT2D eigenvalue weighted by molar-refractivity contribution is 5.64. The Bertz CT molecular complexity index is 1550. The summed E-state index contributed by atoms with van der Waals surface area (Å²) in [7, 11) is 0. The van der Waals surface area contributed by atoms with E-state index in [1.165, 1.54) is 103 Å². The summed E-state index contributed by atoms with van der Waals surface area (Å²) < 4.78 is 17.0. The lowest BCUT2D eigenvalue weighted by Gasteiger charge is -2.36. The molecule has 0 spiro atoms. The summed E-state index contributed by atoms with van der Waals surface area (Å²) in [6, 6.07) is 0. The number of hydrogen-bond donors (Lipinski definition) is 1. The number of rotatable bonds is 4. The molecule has 8 bridgehead atoms. The van der Waals surface area contributed by atoms with Crippen molar-refractivity contribution in [3.8, 4) is 0 Å². The minimum Gasteiger partial charge on any atom is -0.370 e. The summed E-state index contributed by atoms with van der Waals surface area (Å²) in [5, 5.41) is 7.29. The molecule has 0 amide bonds. The van der Waals surface area contributed by atoms with Crippen molar-refractivity contribution in [3.05, 3.63) is 62.8 Å².